The number of hydrogen-bond acceptors (Lipinski definition) is 6. The van der Waals surface area contributed by atoms with Gasteiger partial charge >= 0.3 is 0 Å². The number of carbonyl (C=O) groups is 1. The summed E-state index contributed by atoms with van der Waals surface area (Å²) in [6, 6.07) is 8.68. The number of benzene rings is 1. The van der Waals surface area contributed by atoms with E-state index in [2.05, 4.69) is 25.7 Å². The van der Waals surface area contributed by atoms with Crippen molar-refractivity contribution in [2.45, 2.75) is 0 Å². The van der Waals surface area contributed by atoms with Gasteiger partial charge in [0, 0.05) is 35.2 Å². The van der Waals surface area contributed by atoms with Gasteiger partial charge in [0.2, 0.25) is 0 Å². The van der Waals surface area contributed by atoms with Gasteiger partial charge in [-0.25, -0.2) is 5.43 Å². The SMILES string of the molecule is COc1ccc(-c2[nH]ncc2/C=N/NC(=O)c2ccncc2)c(OC)c1. The van der Waals surface area contributed by atoms with Gasteiger partial charge in [-0.3, -0.25) is 14.9 Å². The van der Waals surface area contributed by atoms with Crippen LogP contribution in [0.5, 0.6) is 11.5 Å². The summed E-state index contributed by atoms with van der Waals surface area (Å²) in [4.78, 5) is 15.9. The van der Waals surface area contributed by atoms with E-state index in [1.54, 1.807) is 51.0 Å². The second-order valence-corrected chi connectivity index (χ2v) is 5.20. The first-order chi connectivity index (χ1) is 12.7. The Morgan fingerprint density at radius 1 is 1.19 bits per heavy atom. The van der Waals surface area contributed by atoms with E-state index in [1.807, 2.05) is 12.1 Å². The molecule has 2 heterocycles. The summed E-state index contributed by atoms with van der Waals surface area (Å²) >= 11 is 0. The van der Waals surface area contributed by atoms with E-state index < -0.39 is 0 Å². The van der Waals surface area contributed by atoms with Crippen molar-refractivity contribution in [2.75, 3.05) is 14.2 Å². The van der Waals surface area contributed by atoms with Crippen molar-refractivity contribution in [3.8, 4) is 22.8 Å². The van der Waals surface area contributed by atoms with Crippen LogP contribution in [0, 0.1) is 0 Å². The Kier molecular flexibility index (Phi) is 5.23. The molecule has 0 radical (unpaired) electrons. The van der Waals surface area contributed by atoms with Crippen molar-refractivity contribution >= 4 is 12.1 Å². The third-order valence-corrected chi connectivity index (χ3v) is 3.66. The number of nitrogens with one attached hydrogen (secondary N) is 2. The molecule has 0 aliphatic heterocycles. The number of ether oxygens (including phenoxy) is 2. The second-order valence-electron chi connectivity index (χ2n) is 5.20. The van der Waals surface area contributed by atoms with Crippen LogP contribution in [0.1, 0.15) is 15.9 Å². The van der Waals surface area contributed by atoms with Crippen LogP contribution in [0.3, 0.4) is 0 Å². The standard InChI is InChI=1S/C18H17N5O3/c1-25-14-3-4-15(16(9-14)26-2)17-13(10-20-22-17)11-21-23-18(24)12-5-7-19-8-6-12/h3-11H,1-2H3,(H,20,22)(H,23,24)/b21-11+. The molecule has 1 amide bonds. The largest absolute Gasteiger partial charge is 0.497 e. The lowest BCUT2D eigenvalue weighted by atomic mass is 10.1. The minimum absolute atomic E-state index is 0.323. The average molecular weight is 351 g/mol. The summed E-state index contributed by atoms with van der Waals surface area (Å²) in [6.45, 7) is 0. The van der Waals surface area contributed by atoms with Gasteiger partial charge in [0.15, 0.2) is 0 Å². The summed E-state index contributed by atoms with van der Waals surface area (Å²) in [5.41, 5.74) is 5.16. The zero-order chi connectivity index (χ0) is 18.4. The molecular formula is C18H17N5O3. The molecule has 0 saturated carbocycles. The van der Waals surface area contributed by atoms with E-state index in [1.165, 1.54) is 6.21 Å². The van der Waals surface area contributed by atoms with E-state index in [0.717, 1.165) is 5.56 Å². The van der Waals surface area contributed by atoms with Crippen molar-refractivity contribution in [1.29, 1.82) is 0 Å². The molecule has 132 valence electrons. The molecule has 0 aliphatic carbocycles. The molecule has 0 aliphatic rings. The van der Waals surface area contributed by atoms with Crippen LogP contribution >= 0.6 is 0 Å². The number of amides is 1. The number of hydrazone groups is 1. The number of aromatic amines is 1. The van der Waals surface area contributed by atoms with Gasteiger partial charge in [0.25, 0.3) is 5.91 Å². The first-order valence-corrected chi connectivity index (χ1v) is 7.72. The van der Waals surface area contributed by atoms with Gasteiger partial charge in [0.1, 0.15) is 11.5 Å². The highest BCUT2D eigenvalue weighted by atomic mass is 16.5. The molecular weight excluding hydrogens is 334 g/mol. The summed E-state index contributed by atoms with van der Waals surface area (Å²) in [6.07, 6.45) is 6.22. The summed E-state index contributed by atoms with van der Waals surface area (Å²) < 4.78 is 10.6. The lowest BCUT2D eigenvalue weighted by Crippen LogP contribution is -2.17. The summed E-state index contributed by atoms with van der Waals surface area (Å²) in [7, 11) is 3.17. The number of rotatable bonds is 6. The van der Waals surface area contributed by atoms with E-state index in [9.17, 15) is 4.79 Å². The number of nitrogens with zero attached hydrogens (tertiary/aromatic N) is 3. The fraction of sp³-hybridized carbons (Fsp3) is 0.111. The van der Waals surface area contributed by atoms with E-state index in [4.69, 9.17) is 9.47 Å². The number of methoxy groups -OCH3 is 2. The maximum Gasteiger partial charge on any atom is 0.271 e. The Morgan fingerprint density at radius 2 is 2.00 bits per heavy atom. The Morgan fingerprint density at radius 3 is 2.73 bits per heavy atom. The zero-order valence-electron chi connectivity index (χ0n) is 14.3. The van der Waals surface area contributed by atoms with E-state index >= 15 is 0 Å². The van der Waals surface area contributed by atoms with Crippen LogP contribution in [0.25, 0.3) is 11.3 Å². The minimum atomic E-state index is -0.323. The predicted molar refractivity (Wildman–Crippen MR) is 96.4 cm³/mol. The Balaban J connectivity index is 1.80. The van der Waals surface area contributed by atoms with Gasteiger partial charge < -0.3 is 9.47 Å². The second kappa shape index (κ2) is 7.93. The van der Waals surface area contributed by atoms with E-state index in [-0.39, 0.29) is 5.91 Å². The molecule has 0 spiro atoms. The molecule has 0 atom stereocenters. The highest BCUT2D eigenvalue weighted by Crippen LogP contribution is 2.33. The maximum atomic E-state index is 12.0. The number of pyridine rings is 1. The molecule has 2 aromatic heterocycles. The number of H-pyrrole nitrogens is 1. The summed E-state index contributed by atoms with van der Waals surface area (Å²) in [5.74, 6) is 0.991. The molecule has 3 rings (SSSR count). The van der Waals surface area contributed by atoms with Crippen molar-refractivity contribution in [3.05, 3.63) is 60.0 Å². The quantitative estimate of drug-likeness (QED) is 0.524. The third kappa shape index (κ3) is 3.69. The third-order valence-electron chi connectivity index (χ3n) is 3.66. The minimum Gasteiger partial charge on any atom is -0.497 e. The maximum absolute atomic E-state index is 12.0. The Hall–Kier alpha value is -3.68. The lowest BCUT2D eigenvalue weighted by Gasteiger charge is -2.09. The molecule has 3 aromatic rings. The molecule has 0 saturated heterocycles. The van der Waals surface area contributed by atoms with Crippen LogP contribution in [0.2, 0.25) is 0 Å². The molecule has 2 N–H and O–H groups in total. The average Bonchev–Trinajstić information content (AvgIpc) is 3.16. The highest BCUT2D eigenvalue weighted by Gasteiger charge is 2.13. The topological polar surface area (TPSA) is 101 Å². The molecule has 8 nitrogen and oxygen atoms in total. The van der Waals surface area contributed by atoms with Crippen molar-refractivity contribution in [1.82, 2.24) is 20.6 Å². The number of carbonyl (C=O) groups excluding carboxylic acids is 1. The number of hydrogen-bond donors (Lipinski definition) is 2. The van der Waals surface area contributed by atoms with Crippen molar-refractivity contribution in [3.63, 3.8) is 0 Å². The monoisotopic (exact) mass is 351 g/mol. The van der Waals surface area contributed by atoms with Crippen LogP contribution in [0.4, 0.5) is 0 Å². The molecule has 0 fully saturated rings. The van der Waals surface area contributed by atoms with Gasteiger partial charge in [-0.15, -0.1) is 0 Å². The summed E-state index contributed by atoms with van der Waals surface area (Å²) in [5, 5.41) is 11.0. The fourth-order valence-corrected chi connectivity index (χ4v) is 2.34. The molecule has 26 heavy (non-hydrogen) atoms. The normalized spacial score (nSPS) is 10.7. The first-order valence-electron chi connectivity index (χ1n) is 7.72. The Bertz CT molecular complexity index is 922. The molecule has 1 aromatic carbocycles. The smallest absolute Gasteiger partial charge is 0.271 e. The van der Waals surface area contributed by atoms with Gasteiger partial charge in [0.05, 0.1) is 32.3 Å². The lowest BCUT2D eigenvalue weighted by molar-refractivity contribution is 0.0955. The fourth-order valence-electron chi connectivity index (χ4n) is 2.34. The van der Waals surface area contributed by atoms with Crippen LogP contribution < -0.4 is 14.9 Å². The van der Waals surface area contributed by atoms with Crippen LogP contribution in [-0.4, -0.2) is 41.5 Å². The van der Waals surface area contributed by atoms with Gasteiger partial charge in [-0.05, 0) is 24.3 Å². The highest BCUT2D eigenvalue weighted by molar-refractivity contribution is 5.95. The van der Waals surface area contributed by atoms with E-state index in [0.29, 0.717) is 28.3 Å². The molecule has 8 heteroatoms. The molecule has 0 bridgehead atoms. The van der Waals surface area contributed by atoms with Gasteiger partial charge in [-0.1, -0.05) is 0 Å². The molecule has 0 unspecified atom stereocenters. The predicted octanol–water partition coefficient (Wildman–Crippen LogP) is 2.25. The van der Waals surface area contributed by atoms with Crippen molar-refractivity contribution in [2.24, 2.45) is 5.10 Å². The number of aromatic nitrogens is 3. The Labute approximate surface area is 149 Å². The first kappa shape index (κ1) is 17.2. The van der Waals surface area contributed by atoms with Crippen molar-refractivity contribution < 1.29 is 14.3 Å². The van der Waals surface area contributed by atoms with Gasteiger partial charge in [-0.2, -0.15) is 10.2 Å². The zero-order valence-corrected chi connectivity index (χ0v) is 14.3. The van der Waals surface area contributed by atoms with Crippen LogP contribution in [0.15, 0.2) is 54.0 Å². The van der Waals surface area contributed by atoms with Crippen LogP contribution in [-0.2, 0) is 0 Å².